The molecule has 1 aromatic rings. The zero-order chi connectivity index (χ0) is 11.5. The average Bonchev–Trinajstić information content (AvgIpc) is 2.80. The quantitative estimate of drug-likeness (QED) is 0.752. The maximum atomic E-state index is 12.1. The summed E-state index contributed by atoms with van der Waals surface area (Å²) in [5.41, 5.74) is 5.85. The number of aromatic nitrogens is 3. The van der Waals surface area contributed by atoms with E-state index in [2.05, 4.69) is 10.1 Å². The van der Waals surface area contributed by atoms with Gasteiger partial charge in [0.15, 0.2) is 0 Å². The molecule has 0 aliphatic carbocycles. The van der Waals surface area contributed by atoms with Crippen molar-refractivity contribution in [3.8, 4) is 0 Å². The molecule has 88 valence electrons. The van der Waals surface area contributed by atoms with Gasteiger partial charge in [-0.2, -0.15) is 5.10 Å². The molecular formula is C10H17N5O. The second-order valence-electron chi connectivity index (χ2n) is 4.24. The Morgan fingerprint density at radius 1 is 1.62 bits per heavy atom. The van der Waals surface area contributed by atoms with Crippen LogP contribution in [0.3, 0.4) is 0 Å². The van der Waals surface area contributed by atoms with E-state index < -0.39 is 0 Å². The molecule has 2 atom stereocenters. The zero-order valence-electron chi connectivity index (χ0n) is 9.41. The minimum atomic E-state index is -0.298. The number of piperidine rings is 1. The molecule has 0 radical (unpaired) electrons. The van der Waals surface area contributed by atoms with E-state index in [0.29, 0.717) is 6.54 Å². The molecule has 2 N–H and O–H groups in total. The lowest BCUT2D eigenvalue weighted by atomic mass is 10.1. The van der Waals surface area contributed by atoms with E-state index in [0.717, 1.165) is 19.4 Å². The predicted molar refractivity (Wildman–Crippen MR) is 58.5 cm³/mol. The lowest BCUT2D eigenvalue weighted by Crippen LogP contribution is -2.47. The third kappa shape index (κ3) is 2.21. The number of carbonyl (C=O) groups is 1. The largest absolute Gasteiger partial charge is 0.339 e. The summed E-state index contributed by atoms with van der Waals surface area (Å²) in [6, 6.07) is -0.187. The first-order chi connectivity index (χ1) is 7.68. The lowest BCUT2D eigenvalue weighted by molar-refractivity contribution is -0.135. The number of carbonyl (C=O) groups excluding carboxylic acids is 1. The first-order valence-corrected chi connectivity index (χ1v) is 5.57. The first kappa shape index (κ1) is 11.1. The molecule has 0 spiro atoms. The fourth-order valence-corrected chi connectivity index (χ4v) is 2.00. The molecule has 1 fully saturated rings. The maximum Gasteiger partial charge on any atom is 0.247 e. The summed E-state index contributed by atoms with van der Waals surface area (Å²) in [5, 5.41) is 3.98. The van der Waals surface area contributed by atoms with Crippen LogP contribution in [0.25, 0.3) is 0 Å². The summed E-state index contributed by atoms with van der Waals surface area (Å²) in [6.07, 6.45) is 4.98. The molecule has 1 unspecified atom stereocenters. The van der Waals surface area contributed by atoms with Gasteiger partial charge in [0, 0.05) is 19.1 Å². The monoisotopic (exact) mass is 223 g/mol. The van der Waals surface area contributed by atoms with Crippen LogP contribution >= 0.6 is 0 Å². The van der Waals surface area contributed by atoms with Crippen LogP contribution in [0.4, 0.5) is 0 Å². The van der Waals surface area contributed by atoms with Gasteiger partial charge in [-0.3, -0.25) is 4.79 Å². The van der Waals surface area contributed by atoms with Crippen LogP contribution in [0.1, 0.15) is 25.8 Å². The first-order valence-electron chi connectivity index (χ1n) is 5.57. The van der Waals surface area contributed by atoms with Crippen LogP contribution in [0.2, 0.25) is 0 Å². The molecule has 0 aromatic carbocycles. The molecule has 1 saturated heterocycles. The summed E-state index contributed by atoms with van der Waals surface area (Å²) in [4.78, 5) is 17.8. The van der Waals surface area contributed by atoms with E-state index in [4.69, 9.17) is 5.73 Å². The van der Waals surface area contributed by atoms with Gasteiger partial charge in [0.2, 0.25) is 5.91 Å². The van der Waals surface area contributed by atoms with Crippen molar-refractivity contribution < 1.29 is 4.79 Å². The Balaban J connectivity index is 2.01. The summed E-state index contributed by atoms with van der Waals surface area (Å²) >= 11 is 0. The maximum absolute atomic E-state index is 12.1. The van der Waals surface area contributed by atoms with Gasteiger partial charge in [-0.15, -0.1) is 0 Å². The normalized spacial score (nSPS) is 23.1. The second-order valence-corrected chi connectivity index (χ2v) is 4.24. The smallest absolute Gasteiger partial charge is 0.247 e. The van der Waals surface area contributed by atoms with Crippen LogP contribution < -0.4 is 5.73 Å². The molecule has 1 aliphatic rings. The van der Waals surface area contributed by atoms with Crippen molar-refractivity contribution in [1.29, 1.82) is 0 Å². The summed E-state index contributed by atoms with van der Waals surface area (Å²) in [6.45, 7) is 3.28. The molecule has 1 aliphatic heterocycles. The highest BCUT2D eigenvalue weighted by atomic mass is 16.2. The lowest BCUT2D eigenvalue weighted by Gasteiger charge is -2.32. The minimum Gasteiger partial charge on any atom is -0.339 e. The number of hydrogen-bond donors (Lipinski definition) is 1. The van der Waals surface area contributed by atoms with Crippen LogP contribution in [0.5, 0.6) is 0 Å². The molecule has 6 nitrogen and oxygen atoms in total. The van der Waals surface area contributed by atoms with Crippen molar-refractivity contribution >= 4 is 5.91 Å². The van der Waals surface area contributed by atoms with Gasteiger partial charge in [0.05, 0.1) is 0 Å². The minimum absolute atomic E-state index is 0.0700. The van der Waals surface area contributed by atoms with E-state index in [9.17, 15) is 4.79 Å². The number of likely N-dealkylation sites (tertiary alicyclic amines) is 1. The van der Waals surface area contributed by atoms with E-state index >= 15 is 0 Å². The van der Waals surface area contributed by atoms with Crippen LogP contribution in [-0.2, 0) is 4.79 Å². The summed E-state index contributed by atoms with van der Waals surface area (Å²) < 4.78 is 1.57. The Kier molecular flexibility index (Phi) is 3.19. The number of hydrogen-bond acceptors (Lipinski definition) is 4. The SMILES string of the molecule is CC(C(=O)N1CCC[C@@H](N)C1)n1cncn1. The Morgan fingerprint density at radius 2 is 2.44 bits per heavy atom. The van der Waals surface area contributed by atoms with Crippen molar-refractivity contribution in [2.45, 2.75) is 31.8 Å². The van der Waals surface area contributed by atoms with Gasteiger partial charge >= 0.3 is 0 Å². The summed E-state index contributed by atoms with van der Waals surface area (Å²) in [5.74, 6) is 0.0700. The van der Waals surface area contributed by atoms with E-state index in [1.54, 1.807) is 11.0 Å². The van der Waals surface area contributed by atoms with Gasteiger partial charge in [0.25, 0.3) is 0 Å². The van der Waals surface area contributed by atoms with Crippen molar-refractivity contribution in [3.05, 3.63) is 12.7 Å². The Hall–Kier alpha value is -1.43. The number of amides is 1. The Labute approximate surface area is 94.4 Å². The van der Waals surface area contributed by atoms with Crippen molar-refractivity contribution in [1.82, 2.24) is 19.7 Å². The van der Waals surface area contributed by atoms with E-state index in [1.165, 1.54) is 6.33 Å². The predicted octanol–water partition coefficient (Wildman–Crippen LogP) is -0.211. The molecule has 2 rings (SSSR count). The molecule has 1 amide bonds. The van der Waals surface area contributed by atoms with Crippen LogP contribution in [-0.4, -0.2) is 44.7 Å². The number of nitrogens with zero attached hydrogens (tertiary/aromatic N) is 4. The zero-order valence-corrected chi connectivity index (χ0v) is 9.41. The van der Waals surface area contributed by atoms with Gasteiger partial charge in [-0.1, -0.05) is 0 Å². The molecule has 1 aromatic heterocycles. The summed E-state index contributed by atoms with van der Waals surface area (Å²) in [7, 11) is 0. The second kappa shape index (κ2) is 4.61. The van der Waals surface area contributed by atoms with Crippen LogP contribution in [0, 0.1) is 0 Å². The highest BCUT2D eigenvalue weighted by molar-refractivity contribution is 5.80. The van der Waals surface area contributed by atoms with E-state index in [1.807, 2.05) is 11.8 Å². The standard InChI is InChI=1S/C10H17N5O/c1-8(15-7-12-6-13-15)10(16)14-4-2-3-9(11)5-14/h6-9H,2-5,11H2,1H3/t8?,9-/m1/s1. The molecule has 2 heterocycles. The van der Waals surface area contributed by atoms with Gasteiger partial charge in [0.1, 0.15) is 18.7 Å². The fraction of sp³-hybridized carbons (Fsp3) is 0.700. The molecular weight excluding hydrogens is 206 g/mol. The molecule has 16 heavy (non-hydrogen) atoms. The Morgan fingerprint density at radius 3 is 3.06 bits per heavy atom. The molecule has 0 saturated carbocycles. The van der Waals surface area contributed by atoms with Crippen molar-refractivity contribution in [2.24, 2.45) is 5.73 Å². The van der Waals surface area contributed by atoms with Gasteiger partial charge in [-0.25, -0.2) is 9.67 Å². The number of nitrogens with two attached hydrogens (primary N) is 1. The van der Waals surface area contributed by atoms with Gasteiger partial charge in [-0.05, 0) is 19.8 Å². The average molecular weight is 223 g/mol. The van der Waals surface area contributed by atoms with Crippen molar-refractivity contribution in [2.75, 3.05) is 13.1 Å². The van der Waals surface area contributed by atoms with Gasteiger partial charge < -0.3 is 10.6 Å². The number of rotatable bonds is 2. The topological polar surface area (TPSA) is 77.0 Å². The highest BCUT2D eigenvalue weighted by Gasteiger charge is 2.26. The Bertz CT molecular complexity index is 350. The van der Waals surface area contributed by atoms with E-state index in [-0.39, 0.29) is 18.0 Å². The third-order valence-corrected chi connectivity index (χ3v) is 2.96. The highest BCUT2D eigenvalue weighted by Crippen LogP contribution is 2.14. The van der Waals surface area contributed by atoms with Crippen molar-refractivity contribution in [3.63, 3.8) is 0 Å². The molecule has 6 heteroatoms. The molecule has 0 bridgehead atoms. The fourth-order valence-electron chi connectivity index (χ4n) is 2.00. The van der Waals surface area contributed by atoms with Crippen LogP contribution in [0.15, 0.2) is 12.7 Å². The third-order valence-electron chi connectivity index (χ3n) is 2.96.